The van der Waals surface area contributed by atoms with Crippen molar-refractivity contribution in [3.05, 3.63) is 17.2 Å². The number of nitrogens with two attached hydrogens (primary N) is 1. The van der Waals surface area contributed by atoms with Crippen LogP contribution in [0.15, 0.2) is 17.0 Å². The van der Waals surface area contributed by atoms with Gasteiger partial charge in [0.15, 0.2) is 15.6 Å². The van der Waals surface area contributed by atoms with Gasteiger partial charge in [-0.1, -0.05) is 11.6 Å². The third kappa shape index (κ3) is 2.05. The zero-order chi connectivity index (χ0) is 10.2. The highest BCUT2D eigenvalue weighted by molar-refractivity contribution is 7.90. The Hall–Kier alpha value is -0.940. The van der Waals surface area contributed by atoms with Crippen LogP contribution in [0.3, 0.4) is 0 Å². The standard InChI is InChI=1S/C7H8ClNO3S/c1-13(11,12)6-3-4(9)2-5(8)7(6)10/h2-3,10H,9H2,1H3. The molecule has 0 saturated heterocycles. The first-order chi connectivity index (χ1) is 5.82. The zero-order valence-electron chi connectivity index (χ0n) is 6.78. The minimum Gasteiger partial charge on any atom is -0.505 e. The minimum atomic E-state index is -3.49. The van der Waals surface area contributed by atoms with Gasteiger partial charge in [0.25, 0.3) is 0 Å². The van der Waals surface area contributed by atoms with Gasteiger partial charge >= 0.3 is 0 Å². The lowest BCUT2D eigenvalue weighted by Crippen LogP contribution is -1.99. The Bertz CT molecular complexity index is 441. The van der Waals surface area contributed by atoms with Crippen LogP contribution in [0.5, 0.6) is 5.75 Å². The molecular formula is C7H8ClNO3S. The van der Waals surface area contributed by atoms with Crippen molar-refractivity contribution in [3.8, 4) is 5.75 Å². The van der Waals surface area contributed by atoms with Gasteiger partial charge in [0.1, 0.15) is 4.90 Å². The van der Waals surface area contributed by atoms with E-state index in [-0.39, 0.29) is 15.6 Å². The van der Waals surface area contributed by atoms with Crippen molar-refractivity contribution in [3.63, 3.8) is 0 Å². The van der Waals surface area contributed by atoms with Crippen LogP contribution in [-0.2, 0) is 9.84 Å². The predicted octanol–water partition coefficient (Wildman–Crippen LogP) is 1.03. The summed E-state index contributed by atoms with van der Waals surface area (Å²) in [6.45, 7) is 0. The molecule has 6 heteroatoms. The lowest BCUT2D eigenvalue weighted by Gasteiger charge is -2.04. The molecule has 72 valence electrons. The predicted molar refractivity (Wildman–Crippen MR) is 50.6 cm³/mol. The van der Waals surface area contributed by atoms with Crippen LogP contribution in [0.1, 0.15) is 0 Å². The lowest BCUT2D eigenvalue weighted by molar-refractivity contribution is 0.459. The Morgan fingerprint density at radius 3 is 2.46 bits per heavy atom. The van der Waals surface area contributed by atoms with Crippen LogP contribution in [0, 0.1) is 0 Å². The number of aromatic hydroxyl groups is 1. The number of anilines is 1. The Balaban J connectivity index is 3.56. The molecule has 4 nitrogen and oxygen atoms in total. The molecule has 0 aromatic heterocycles. The van der Waals surface area contributed by atoms with Gasteiger partial charge in [-0.15, -0.1) is 0 Å². The molecule has 0 amide bonds. The number of hydrogen-bond acceptors (Lipinski definition) is 4. The fourth-order valence-electron chi connectivity index (χ4n) is 0.876. The molecule has 1 rings (SSSR count). The minimum absolute atomic E-state index is 0.0691. The van der Waals surface area contributed by atoms with Crippen LogP contribution in [0.2, 0.25) is 5.02 Å². The number of phenols is 1. The van der Waals surface area contributed by atoms with Crippen molar-refractivity contribution < 1.29 is 13.5 Å². The van der Waals surface area contributed by atoms with Crippen molar-refractivity contribution in [2.75, 3.05) is 12.0 Å². The molecule has 1 aromatic rings. The van der Waals surface area contributed by atoms with Crippen LogP contribution in [0.4, 0.5) is 5.69 Å². The van der Waals surface area contributed by atoms with Crippen molar-refractivity contribution in [1.82, 2.24) is 0 Å². The van der Waals surface area contributed by atoms with Crippen LogP contribution in [0.25, 0.3) is 0 Å². The number of phenolic OH excluding ortho intramolecular Hbond substituents is 1. The van der Waals surface area contributed by atoms with E-state index in [0.29, 0.717) is 0 Å². The summed E-state index contributed by atoms with van der Waals surface area (Å²) in [6.07, 6.45) is 0.970. The quantitative estimate of drug-likeness (QED) is 0.548. The van der Waals surface area contributed by atoms with Crippen LogP contribution < -0.4 is 5.73 Å². The molecule has 0 aliphatic carbocycles. The van der Waals surface area contributed by atoms with E-state index in [1.54, 1.807) is 0 Å². The van der Waals surface area contributed by atoms with Gasteiger partial charge in [0, 0.05) is 11.9 Å². The first-order valence-electron chi connectivity index (χ1n) is 3.30. The summed E-state index contributed by atoms with van der Waals surface area (Å²) < 4.78 is 22.2. The monoisotopic (exact) mass is 221 g/mol. The maximum Gasteiger partial charge on any atom is 0.179 e. The average molecular weight is 222 g/mol. The maximum atomic E-state index is 11.1. The number of benzene rings is 1. The summed E-state index contributed by atoms with van der Waals surface area (Å²) >= 11 is 5.53. The summed E-state index contributed by atoms with van der Waals surface area (Å²) in [6, 6.07) is 2.45. The molecule has 0 unspecified atom stereocenters. The number of rotatable bonds is 1. The molecule has 0 aliphatic rings. The summed E-state index contributed by atoms with van der Waals surface area (Å²) in [5.41, 5.74) is 5.56. The Labute approximate surface area is 80.9 Å². The lowest BCUT2D eigenvalue weighted by atomic mass is 10.3. The first kappa shape index (κ1) is 10.1. The Kier molecular flexibility index (Phi) is 2.40. The van der Waals surface area contributed by atoms with Gasteiger partial charge in [-0.3, -0.25) is 0 Å². The SMILES string of the molecule is CS(=O)(=O)c1cc(N)cc(Cl)c1O. The van der Waals surface area contributed by atoms with Gasteiger partial charge in [0.05, 0.1) is 5.02 Å². The Morgan fingerprint density at radius 1 is 1.46 bits per heavy atom. The van der Waals surface area contributed by atoms with Gasteiger partial charge < -0.3 is 10.8 Å². The molecule has 0 atom stereocenters. The summed E-state index contributed by atoms with van der Waals surface area (Å²) in [4.78, 5) is -0.252. The highest BCUT2D eigenvalue weighted by atomic mass is 35.5. The van der Waals surface area contributed by atoms with E-state index in [1.165, 1.54) is 6.07 Å². The molecule has 0 radical (unpaired) electrons. The second-order valence-corrected chi connectivity index (χ2v) is 5.01. The molecule has 0 saturated carbocycles. The van der Waals surface area contributed by atoms with Crippen molar-refractivity contribution >= 4 is 27.1 Å². The zero-order valence-corrected chi connectivity index (χ0v) is 8.35. The second kappa shape index (κ2) is 3.08. The number of nitrogen functional groups attached to an aromatic ring is 1. The summed E-state index contributed by atoms with van der Waals surface area (Å²) in [5, 5.41) is 9.22. The Morgan fingerprint density at radius 2 is 2.00 bits per heavy atom. The average Bonchev–Trinajstić information content (AvgIpc) is 1.94. The van der Waals surface area contributed by atoms with Gasteiger partial charge in [0.2, 0.25) is 0 Å². The number of sulfone groups is 1. The largest absolute Gasteiger partial charge is 0.505 e. The number of halogens is 1. The smallest absolute Gasteiger partial charge is 0.179 e. The van der Waals surface area contributed by atoms with E-state index >= 15 is 0 Å². The third-order valence-electron chi connectivity index (χ3n) is 1.45. The van der Waals surface area contributed by atoms with E-state index in [1.807, 2.05) is 0 Å². The van der Waals surface area contributed by atoms with Gasteiger partial charge in [-0.25, -0.2) is 8.42 Å². The molecule has 0 spiro atoms. The van der Waals surface area contributed by atoms with Crippen molar-refractivity contribution in [2.24, 2.45) is 0 Å². The fourth-order valence-corrected chi connectivity index (χ4v) is 1.97. The van der Waals surface area contributed by atoms with Crippen molar-refractivity contribution in [1.29, 1.82) is 0 Å². The normalized spacial score (nSPS) is 11.5. The van der Waals surface area contributed by atoms with E-state index in [9.17, 15) is 13.5 Å². The molecule has 1 aromatic carbocycles. The first-order valence-corrected chi connectivity index (χ1v) is 5.57. The molecule has 0 fully saturated rings. The summed E-state index contributed by atoms with van der Waals surface area (Å²) in [5.74, 6) is -0.460. The highest BCUT2D eigenvalue weighted by Crippen LogP contribution is 2.32. The topological polar surface area (TPSA) is 80.4 Å². The molecule has 0 heterocycles. The fraction of sp³-hybridized carbons (Fsp3) is 0.143. The molecule has 13 heavy (non-hydrogen) atoms. The van der Waals surface area contributed by atoms with Crippen LogP contribution in [-0.4, -0.2) is 19.8 Å². The van der Waals surface area contributed by atoms with E-state index in [0.717, 1.165) is 12.3 Å². The van der Waals surface area contributed by atoms with E-state index in [4.69, 9.17) is 17.3 Å². The number of hydrogen-bond donors (Lipinski definition) is 2. The van der Waals surface area contributed by atoms with Gasteiger partial charge in [-0.05, 0) is 12.1 Å². The second-order valence-electron chi connectivity index (χ2n) is 2.62. The molecule has 3 N–H and O–H groups in total. The third-order valence-corrected chi connectivity index (χ3v) is 2.85. The van der Waals surface area contributed by atoms with Gasteiger partial charge in [-0.2, -0.15) is 0 Å². The highest BCUT2D eigenvalue weighted by Gasteiger charge is 2.16. The van der Waals surface area contributed by atoms with Crippen molar-refractivity contribution in [2.45, 2.75) is 4.90 Å². The molecule has 0 bridgehead atoms. The molecule has 0 aliphatic heterocycles. The molecular weight excluding hydrogens is 214 g/mol. The summed E-state index contributed by atoms with van der Waals surface area (Å²) in [7, 11) is -3.49. The van der Waals surface area contributed by atoms with E-state index in [2.05, 4.69) is 0 Å². The van der Waals surface area contributed by atoms with Crippen LogP contribution >= 0.6 is 11.6 Å². The maximum absolute atomic E-state index is 11.1. The van der Waals surface area contributed by atoms with E-state index < -0.39 is 15.6 Å².